The molecule has 1 saturated carbocycles. The van der Waals surface area contributed by atoms with Crippen LogP contribution in [0.25, 0.3) is 10.2 Å². The number of rotatable bonds is 7. The SMILES string of the molecule is CN(C)C1CCC(Oc2ncnc3sc4c(c23)CN(S(=O)(=O)NCC(N)=O)CC4)CC1. The van der Waals surface area contributed by atoms with Gasteiger partial charge in [0, 0.05) is 24.0 Å². The molecule has 1 amide bonds. The predicted molar refractivity (Wildman–Crippen MR) is 118 cm³/mol. The zero-order valence-electron chi connectivity index (χ0n) is 17.7. The monoisotopic (exact) mass is 468 g/mol. The average molecular weight is 469 g/mol. The van der Waals surface area contributed by atoms with E-state index in [1.807, 2.05) is 0 Å². The first-order chi connectivity index (χ1) is 14.7. The van der Waals surface area contributed by atoms with Gasteiger partial charge in [-0.05, 0) is 51.8 Å². The molecule has 0 saturated heterocycles. The summed E-state index contributed by atoms with van der Waals surface area (Å²) in [5, 5.41) is 0.798. The number of ether oxygens (including phenoxy) is 1. The van der Waals surface area contributed by atoms with E-state index in [-0.39, 0.29) is 12.6 Å². The summed E-state index contributed by atoms with van der Waals surface area (Å²) >= 11 is 1.56. The maximum Gasteiger partial charge on any atom is 0.280 e. The lowest BCUT2D eigenvalue weighted by Crippen LogP contribution is -2.45. The van der Waals surface area contributed by atoms with Gasteiger partial charge in [0.05, 0.1) is 11.9 Å². The number of carbonyl (C=O) groups excluding carboxylic acids is 1. The van der Waals surface area contributed by atoms with Crippen molar-refractivity contribution in [2.45, 2.75) is 50.8 Å². The molecule has 3 N–H and O–H groups in total. The molecule has 0 aromatic carbocycles. The van der Waals surface area contributed by atoms with Crippen LogP contribution in [0.1, 0.15) is 36.1 Å². The summed E-state index contributed by atoms with van der Waals surface area (Å²) in [6.07, 6.45) is 6.23. The highest BCUT2D eigenvalue weighted by Gasteiger charge is 2.32. The maximum absolute atomic E-state index is 12.6. The molecule has 10 nitrogen and oxygen atoms in total. The van der Waals surface area contributed by atoms with Crippen LogP contribution in [0.4, 0.5) is 0 Å². The average Bonchev–Trinajstić information content (AvgIpc) is 3.11. The van der Waals surface area contributed by atoms with E-state index >= 15 is 0 Å². The Kier molecular flexibility index (Phi) is 6.44. The fraction of sp³-hybridized carbons (Fsp3) is 0.632. The number of thiophene rings is 1. The van der Waals surface area contributed by atoms with Crippen LogP contribution in [0.5, 0.6) is 5.88 Å². The summed E-state index contributed by atoms with van der Waals surface area (Å²) in [5.41, 5.74) is 5.96. The first kappa shape index (κ1) is 22.3. The lowest BCUT2D eigenvalue weighted by Gasteiger charge is -2.32. The van der Waals surface area contributed by atoms with Gasteiger partial charge in [-0.15, -0.1) is 11.3 Å². The van der Waals surface area contributed by atoms with Crippen LogP contribution in [0.3, 0.4) is 0 Å². The van der Waals surface area contributed by atoms with Gasteiger partial charge >= 0.3 is 0 Å². The van der Waals surface area contributed by atoms with Gasteiger partial charge in [-0.3, -0.25) is 4.79 Å². The first-order valence-corrected chi connectivity index (χ1v) is 12.6. The van der Waals surface area contributed by atoms with Crippen LogP contribution in [-0.4, -0.2) is 72.8 Å². The van der Waals surface area contributed by atoms with Gasteiger partial charge in [-0.2, -0.15) is 17.4 Å². The number of aromatic nitrogens is 2. The molecule has 170 valence electrons. The van der Waals surface area contributed by atoms with Crippen molar-refractivity contribution < 1.29 is 17.9 Å². The normalized spacial score (nSPS) is 22.5. The van der Waals surface area contributed by atoms with Crippen molar-refractivity contribution in [1.82, 2.24) is 23.9 Å². The first-order valence-electron chi connectivity index (χ1n) is 10.4. The topological polar surface area (TPSA) is 131 Å². The molecule has 1 fully saturated rings. The van der Waals surface area contributed by atoms with Crippen molar-refractivity contribution in [1.29, 1.82) is 0 Å². The largest absolute Gasteiger partial charge is 0.474 e. The summed E-state index contributed by atoms with van der Waals surface area (Å²) < 4.78 is 35.1. The summed E-state index contributed by atoms with van der Waals surface area (Å²) in [6, 6.07) is 0.575. The molecule has 31 heavy (non-hydrogen) atoms. The second-order valence-electron chi connectivity index (χ2n) is 8.25. The predicted octanol–water partition coefficient (Wildman–Crippen LogP) is 0.621. The van der Waals surface area contributed by atoms with Gasteiger partial charge in [0.1, 0.15) is 17.3 Å². The molecule has 0 radical (unpaired) electrons. The third-order valence-corrected chi connectivity index (χ3v) is 8.68. The highest BCUT2D eigenvalue weighted by atomic mass is 32.2. The second kappa shape index (κ2) is 8.94. The zero-order chi connectivity index (χ0) is 22.2. The zero-order valence-corrected chi connectivity index (χ0v) is 19.3. The molecule has 0 atom stereocenters. The number of primary amides is 1. The Morgan fingerprint density at radius 3 is 2.74 bits per heavy atom. The van der Waals surface area contributed by atoms with E-state index in [9.17, 15) is 13.2 Å². The van der Waals surface area contributed by atoms with Crippen LogP contribution in [0.2, 0.25) is 0 Å². The van der Waals surface area contributed by atoms with Crippen molar-refractivity contribution in [3.8, 4) is 5.88 Å². The van der Waals surface area contributed by atoms with E-state index in [1.165, 1.54) is 10.6 Å². The Balaban J connectivity index is 1.56. The van der Waals surface area contributed by atoms with Crippen molar-refractivity contribution in [3.63, 3.8) is 0 Å². The number of amides is 1. The minimum atomic E-state index is -3.82. The Labute approximate surface area is 186 Å². The van der Waals surface area contributed by atoms with Gasteiger partial charge in [-0.25, -0.2) is 9.97 Å². The highest BCUT2D eigenvalue weighted by molar-refractivity contribution is 7.87. The molecule has 0 spiro atoms. The molecule has 2 aromatic heterocycles. The third kappa shape index (κ3) is 4.82. The minimum absolute atomic E-state index is 0.0884. The second-order valence-corrected chi connectivity index (χ2v) is 11.1. The van der Waals surface area contributed by atoms with Crippen LogP contribution < -0.4 is 15.2 Å². The summed E-state index contributed by atoms with van der Waals surface area (Å²) in [6.45, 7) is 0.0792. The number of fused-ring (bicyclic) bond motifs is 3. The molecule has 4 rings (SSSR count). The molecule has 12 heteroatoms. The number of nitrogens with two attached hydrogens (primary N) is 1. The summed E-state index contributed by atoms with van der Waals surface area (Å²) in [4.78, 5) is 24.0. The van der Waals surface area contributed by atoms with Crippen molar-refractivity contribution in [2.75, 3.05) is 27.2 Å². The van der Waals surface area contributed by atoms with Crippen LogP contribution >= 0.6 is 11.3 Å². The lowest BCUT2D eigenvalue weighted by atomic mass is 9.92. The van der Waals surface area contributed by atoms with Crippen molar-refractivity contribution in [2.24, 2.45) is 5.73 Å². The van der Waals surface area contributed by atoms with Gasteiger partial charge in [0.2, 0.25) is 11.8 Å². The Hall–Kier alpha value is -1.86. The Bertz CT molecular complexity index is 1060. The minimum Gasteiger partial charge on any atom is -0.474 e. The molecule has 3 heterocycles. The Morgan fingerprint density at radius 2 is 2.06 bits per heavy atom. The smallest absolute Gasteiger partial charge is 0.280 e. The number of nitrogens with one attached hydrogen (secondary N) is 1. The van der Waals surface area contributed by atoms with Crippen LogP contribution in [0.15, 0.2) is 6.33 Å². The summed E-state index contributed by atoms with van der Waals surface area (Å²) in [5.74, 6) is -0.199. The molecule has 0 unspecified atom stereocenters. The molecule has 0 bridgehead atoms. The molecular formula is C19H28N6O4S2. The van der Waals surface area contributed by atoms with Gasteiger partial charge in [0.25, 0.3) is 10.2 Å². The van der Waals surface area contributed by atoms with Crippen molar-refractivity contribution >= 4 is 37.7 Å². The fourth-order valence-corrected chi connectivity index (χ4v) is 6.51. The molecule has 1 aliphatic heterocycles. The number of carbonyl (C=O) groups is 1. The number of hydrogen-bond acceptors (Lipinski definition) is 8. The van der Waals surface area contributed by atoms with E-state index in [0.717, 1.165) is 46.3 Å². The lowest BCUT2D eigenvalue weighted by molar-refractivity contribution is -0.116. The number of nitrogens with zero attached hydrogens (tertiary/aromatic N) is 4. The molecule has 2 aromatic rings. The fourth-order valence-electron chi connectivity index (χ4n) is 4.24. The molecule has 2 aliphatic rings. The quantitative estimate of drug-likeness (QED) is 0.609. The van der Waals surface area contributed by atoms with Crippen LogP contribution in [-0.2, 0) is 28.0 Å². The highest BCUT2D eigenvalue weighted by Crippen LogP contribution is 2.39. The number of hydrogen-bond donors (Lipinski definition) is 2. The third-order valence-electron chi connectivity index (χ3n) is 5.98. The standard InChI is InChI=1S/C19H28N6O4S2/c1-24(2)12-3-5-13(6-4-12)29-18-17-14-10-25(31(27,28)23-9-16(20)26)8-7-15(14)30-19(17)22-11-21-18/h11-13,23H,3-10H2,1-2H3,(H2,20,26). The summed E-state index contributed by atoms with van der Waals surface area (Å²) in [7, 11) is 0.392. The van der Waals surface area contributed by atoms with E-state index in [0.29, 0.717) is 24.9 Å². The van der Waals surface area contributed by atoms with Gasteiger partial charge in [0.15, 0.2) is 0 Å². The van der Waals surface area contributed by atoms with Gasteiger partial charge < -0.3 is 15.4 Å². The van der Waals surface area contributed by atoms with E-state index in [1.54, 1.807) is 11.3 Å². The van der Waals surface area contributed by atoms with E-state index in [4.69, 9.17) is 10.5 Å². The Morgan fingerprint density at radius 1 is 1.32 bits per heavy atom. The van der Waals surface area contributed by atoms with E-state index in [2.05, 4.69) is 33.7 Å². The van der Waals surface area contributed by atoms with Crippen molar-refractivity contribution in [3.05, 3.63) is 16.8 Å². The van der Waals surface area contributed by atoms with Gasteiger partial charge in [-0.1, -0.05) is 0 Å². The maximum atomic E-state index is 12.6. The molecule has 1 aliphatic carbocycles. The molecular weight excluding hydrogens is 440 g/mol. The van der Waals surface area contributed by atoms with E-state index < -0.39 is 22.7 Å². The van der Waals surface area contributed by atoms with Crippen LogP contribution in [0, 0.1) is 0 Å².